The van der Waals surface area contributed by atoms with Gasteiger partial charge in [0, 0.05) is 0 Å². The predicted molar refractivity (Wildman–Crippen MR) is 94.6 cm³/mol. The molecule has 0 rings (SSSR count). The summed E-state index contributed by atoms with van der Waals surface area (Å²) in [5.74, 6) is 0. The summed E-state index contributed by atoms with van der Waals surface area (Å²) in [6.07, 6.45) is 7.01. The van der Waals surface area contributed by atoms with Crippen LogP contribution in [0, 0.1) is 0 Å². The Hall–Kier alpha value is -0.0400. The smallest absolute Gasteiger partial charge is 0.0106 e. The normalized spacial score (nSPS) is 6.00. The lowest BCUT2D eigenvalue weighted by Crippen LogP contribution is -1.87. The van der Waals surface area contributed by atoms with Crippen LogP contribution in [-0.2, 0) is 0 Å². The average molecular weight is 266 g/mol. The van der Waals surface area contributed by atoms with E-state index in [1.54, 1.807) is 0 Å². The van der Waals surface area contributed by atoms with Crippen LogP contribution in [0.4, 0.5) is 0 Å². The topological polar surface area (TPSA) is 26.0 Å². The molecule has 0 aromatic carbocycles. The number of unbranched alkanes of at least 4 members (excludes halogenated alkanes) is 4. The Morgan fingerprint density at radius 3 is 0.778 bits per heavy atom. The molecule has 0 aliphatic rings. The predicted octanol–water partition coefficient (Wildman–Crippen LogP) is 7.05. The molecule has 0 radical (unpaired) electrons. The van der Waals surface area contributed by atoms with Gasteiger partial charge in [-0.25, -0.2) is 0 Å². The summed E-state index contributed by atoms with van der Waals surface area (Å²) < 4.78 is 0. The third-order valence-electron chi connectivity index (χ3n) is 1.21. The van der Waals surface area contributed by atoms with Crippen molar-refractivity contribution in [2.24, 2.45) is 5.73 Å². The summed E-state index contributed by atoms with van der Waals surface area (Å²) >= 11 is 0. The summed E-state index contributed by atoms with van der Waals surface area (Å²) in [4.78, 5) is 0. The quantitative estimate of drug-likeness (QED) is 0.542. The lowest BCUT2D eigenvalue weighted by atomic mass is 10.2. The minimum absolute atomic E-state index is 0.750. The summed E-state index contributed by atoms with van der Waals surface area (Å²) in [5.41, 5.74) is 4.85. The first kappa shape index (κ1) is 36.1. The number of hydrogen-bond donors (Lipinski definition) is 1. The van der Waals surface area contributed by atoms with Gasteiger partial charge in [0.2, 0.25) is 0 Å². The van der Waals surface area contributed by atoms with Crippen LogP contribution < -0.4 is 5.73 Å². The molecule has 0 amide bonds. The molecule has 2 N–H and O–H groups in total. The van der Waals surface area contributed by atoms with E-state index in [1.165, 1.54) is 32.1 Å². The van der Waals surface area contributed by atoms with Gasteiger partial charge in [-0.1, -0.05) is 108 Å². The summed E-state index contributed by atoms with van der Waals surface area (Å²) in [5, 5.41) is 0. The van der Waals surface area contributed by atoms with Crippen LogP contribution in [0.3, 0.4) is 0 Å². The van der Waals surface area contributed by atoms with E-state index in [-0.39, 0.29) is 0 Å². The fraction of sp³-hybridized carbons (Fsp3) is 1.00. The SMILES string of the molecule is CC.CC.CC.CC.CCCCCCC.CCN. The van der Waals surface area contributed by atoms with Crippen LogP contribution in [0.2, 0.25) is 0 Å². The molecule has 0 unspecified atom stereocenters. The molecule has 0 fully saturated rings. The van der Waals surface area contributed by atoms with E-state index < -0.39 is 0 Å². The van der Waals surface area contributed by atoms with Crippen LogP contribution in [0.15, 0.2) is 0 Å². The fourth-order valence-corrected chi connectivity index (χ4v) is 0.677. The fourth-order valence-electron chi connectivity index (χ4n) is 0.677. The van der Waals surface area contributed by atoms with Crippen molar-refractivity contribution in [3.63, 3.8) is 0 Å². The van der Waals surface area contributed by atoms with Gasteiger partial charge in [0.15, 0.2) is 0 Å². The van der Waals surface area contributed by atoms with Crippen molar-refractivity contribution in [1.29, 1.82) is 0 Å². The molecule has 0 saturated heterocycles. The van der Waals surface area contributed by atoms with Crippen molar-refractivity contribution >= 4 is 0 Å². The van der Waals surface area contributed by atoms with Crippen molar-refractivity contribution in [1.82, 2.24) is 0 Å². The molecular formula is C17H47N. The van der Waals surface area contributed by atoms with E-state index in [1.807, 2.05) is 62.3 Å². The van der Waals surface area contributed by atoms with E-state index in [9.17, 15) is 0 Å². The number of nitrogens with two attached hydrogens (primary N) is 1. The Bertz CT molecular complexity index is 32.6. The molecule has 120 valence electrons. The van der Waals surface area contributed by atoms with E-state index in [0.717, 1.165) is 6.54 Å². The molecule has 0 bridgehead atoms. The highest BCUT2D eigenvalue weighted by Crippen LogP contribution is 2.00. The zero-order chi connectivity index (χ0) is 16.2. The average Bonchev–Trinajstić information content (AvgIpc) is 2.49. The second-order valence-corrected chi connectivity index (χ2v) is 2.47. The van der Waals surface area contributed by atoms with Crippen molar-refractivity contribution in [3.8, 4) is 0 Å². The lowest BCUT2D eigenvalue weighted by Gasteiger charge is -1.90. The first-order chi connectivity index (χ1) is 8.83. The highest BCUT2D eigenvalue weighted by Gasteiger charge is 1.80. The maximum absolute atomic E-state index is 4.85. The summed E-state index contributed by atoms with van der Waals surface area (Å²) in [6, 6.07) is 0. The third-order valence-corrected chi connectivity index (χ3v) is 1.21. The molecule has 0 saturated carbocycles. The maximum atomic E-state index is 4.85. The first-order valence-corrected chi connectivity index (χ1v) is 8.53. The highest BCUT2D eigenvalue weighted by atomic mass is 14.5. The highest BCUT2D eigenvalue weighted by molar-refractivity contribution is 4.35. The van der Waals surface area contributed by atoms with Gasteiger partial charge in [-0.3, -0.25) is 0 Å². The summed E-state index contributed by atoms with van der Waals surface area (Å²) in [6.45, 7) is 23.1. The van der Waals surface area contributed by atoms with Gasteiger partial charge < -0.3 is 5.73 Å². The van der Waals surface area contributed by atoms with Crippen molar-refractivity contribution in [3.05, 3.63) is 0 Å². The molecule has 1 heteroatoms. The first-order valence-electron chi connectivity index (χ1n) is 8.53. The third kappa shape index (κ3) is 228. The molecular weight excluding hydrogens is 218 g/mol. The minimum Gasteiger partial charge on any atom is -0.331 e. The van der Waals surface area contributed by atoms with E-state index >= 15 is 0 Å². The van der Waals surface area contributed by atoms with Gasteiger partial charge in [0.1, 0.15) is 0 Å². The molecule has 0 aromatic rings. The Morgan fingerprint density at radius 1 is 0.500 bits per heavy atom. The van der Waals surface area contributed by atoms with Crippen LogP contribution in [0.1, 0.15) is 108 Å². The minimum atomic E-state index is 0.750. The molecule has 0 spiro atoms. The van der Waals surface area contributed by atoms with Gasteiger partial charge in [0.05, 0.1) is 0 Å². The lowest BCUT2D eigenvalue weighted by molar-refractivity contribution is 0.656. The zero-order valence-corrected chi connectivity index (χ0v) is 15.8. The van der Waals surface area contributed by atoms with Gasteiger partial charge in [-0.15, -0.1) is 0 Å². The van der Waals surface area contributed by atoms with Gasteiger partial charge in [0.25, 0.3) is 0 Å². The molecule has 0 heterocycles. The van der Waals surface area contributed by atoms with Crippen molar-refractivity contribution in [2.75, 3.05) is 6.54 Å². The van der Waals surface area contributed by atoms with Gasteiger partial charge >= 0.3 is 0 Å². The van der Waals surface area contributed by atoms with E-state index in [4.69, 9.17) is 5.73 Å². The maximum Gasteiger partial charge on any atom is -0.0106 e. The largest absolute Gasteiger partial charge is 0.331 e. The monoisotopic (exact) mass is 265 g/mol. The molecule has 0 atom stereocenters. The molecule has 0 aliphatic heterocycles. The Labute approximate surface area is 121 Å². The Kier molecular flexibility index (Phi) is 244. The standard InChI is InChI=1S/C7H16.C2H7N.4C2H6/c1-3-5-7-6-4-2;1-2-3;4*1-2/h3-7H2,1-2H3;2-3H2,1H3;4*1-2H3. The molecule has 18 heavy (non-hydrogen) atoms. The number of rotatable bonds is 4. The van der Waals surface area contributed by atoms with Gasteiger partial charge in [-0.2, -0.15) is 0 Å². The second kappa shape index (κ2) is 122. The molecule has 0 aliphatic carbocycles. The van der Waals surface area contributed by atoms with E-state index in [2.05, 4.69) is 13.8 Å². The van der Waals surface area contributed by atoms with Crippen LogP contribution >= 0.6 is 0 Å². The molecule has 1 nitrogen and oxygen atoms in total. The van der Waals surface area contributed by atoms with Crippen LogP contribution in [0.5, 0.6) is 0 Å². The molecule has 0 aromatic heterocycles. The van der Waals surface area contributed by atoms with Crippen LogP contribution in [-0.4, -0.2) is 6.54 Å². The van der Waals surface area contributed by atoms with Gasteiger partial charge in [-0.05, 0) is 6.54 Å². The zero-order valence-electron chi connectivity index (χ0n) is 15.8. The Morgan fingerprint density at radius 2 is 0.667 bits per heavy atom. The summed E-state index contributed by atoms with van der Waals surface area (Å²) in [7, 11) is 0. The van der Waals surface area contributed by atoms with Crippen molar-refractivity contribution in [2.45, 2.75) is 108 Å². The Balaban J connectivity index is -0.0000000279. The van der Waals surface area contributed by atoms with Crippen molar-refractivity contribution < 1.29 is 0 Å². The van der Waals surface area contributed by atoms with E-state index in [0.29, 0.717) is 0 Å². The second-order valence-electron chi connectivity index (χ2n) is 2.47. The number of hydrogen-bond acceptors (Lipinski definition) is 1. The van der Waals surface area contributed by atoms with Crippen LogP contribution in [0.25, 0.3) is 0 Å².